The van der Waals surface area contributed by atoms with Crippen molar-refractivity contribution >= 4 is 0 Å². The average Bonchev–Trinajstić information content (AvgIpc) is 2.84. The Morgan fingerprint density at radius 2 is 2.09 bits per heavy atom. The van der Waals surface area contributed by atoms with Crippen LogP contribution in [-0.2, 0) is 11.8 Å². The van der Waals surface area contributed by atoms with Crippen LogP contribution >= 0.6 is 0 Å². The number of hydrogen-bond donors (Lipinski definition) is 2. The van der Waals surface area contributed by atoms with E-state index in [0.29, 0.717) is 12.2 Å². The minimum absolute atomic E-state index is 0.0854. The van der Waals surface area contributed by atoms with Gasteiger partial charge in [0.25, 0.3) is 0 Å². The van der Waals surface area contributed by atoms with Crippen molar-refractivity contribution in [1.82, 2.24) is 0 Å². The summed E-state index contributed by atoms with van der Waals surface area (Å²) in [6, 6.07) is 3.69. The predicted molar refractivity (Wildman–Crippen MR) is 86.6 cm³/mol. The first kappa shape index (κ1) is 13.9. The zero-order valence-corrected chi connectivity index (χ0v) is 13.8. The molecule has 4 atom stereocenters. The lowest BCUT2D eigenvalue weighted by atomic mass is 9.48. The van der Waals surface area contributed by atoms with Crippen LogP contribution in [0.4, 0.5) is 0 Å². The molecule has 0 amide bonds. The highest BCUT2D eigenvalue weighted by Crippen LogP contribution is 2.66. The quantitative estimate of drug-likeness (QED) is 0.568. The summed E-state index contributed by atoms with van der Waals surface area (Å²) in [6.45, 7) is 5.26. The van der Waals surface area contributed by atoms with Crippen LogP contribution in [0.5, 0.6) is 11.5 Å². The van der Waals surface area contributed by atoms with E-state index in [1.807, 2.05) is 6.07 Å². The first-order valence-electron chi connectivity index (χ1n) is 8.56. The predicted octanol–water partition coefficient (Wildman–Crippen LogP) is 1.88. The Balaban J connectivity index is 1.88. The van der Waals surface area contributed by atoms with Crippen molar-refractivity contribution in [3.63, 3.8) is 0 Å². The molecule has 1 spiro atoms. The number of nitrogens with zero attached hydrogens (tertiary/aromatic N) is 1. The lowest BCUT2D eigenvalue weighted by Crippen LogP contribution is -2.79. The summed E-state index contributed by atoms with van der Waals surface area (Å²) in [5.41, 5.74) is 1.93. The number of piperidine rings is 1. The van der Waals surface area contributed by atoms with E-state index in [2.05, 4.69) is 20.7 Å². The zero-order chi connectivity index (χ0) is 16.2. The van der Waals surface area contributed by atoms with Gasteiger partial charge in [-0.2, -0.15) is 0 Å². The summed E-state index contributed by atoms with van der Waals surface area (Å²) >= 11 is 0. The summed E-state index contributed by atoms with van der Waals surface area (Å²) in [5.74, 6) is 1.19. The number of phenolic OH excluding ortho intramolecular Hbond substituents is 1. The number of quaternary nitrogens is 1. The molecule has 2 fully saturated rings. The second kappa shape index (κ2) is 3.76. The first-order valence-corrected chi connectivity index (χ1v) is 8.56. The van der Waals surface area contributed by atoms with Gasteiger partial charge in [-0.25, -0.2) is 0 Å². The molecule has 23 heavy (non-hydrogen) atoms. The van der Waals surface area contributed by atoms with Crippen molar-refractivity contribution in [2.24, 2.45) is 0 Å². The maximum Gasteiger partial charge on any atom is 0.133 e. The van der Waals surface area contributed by atoms with Crippen molar-refractivity contribution in [2.45, 2.75) is 48.8 Å². The molecule has 4 nitrogen and oxygen atoms in total. The molecule has 2 bridgehead atoms. The van der Waals surface area contributed by atoms with Crippen LogP contribution in [0, 0.1) is 0 Å². The van der Waals surface area contributed by atoms with Gasteiger partial charge in [0.1, 0.15) is 29.2 Å². The summed E-state index contributed by atoms with van der Waals surface area (Å²) in [4.78, 5) is 0. The summed E-state index contributed by atoms with van der Waals surface area (Å²) in [6.07, 6.45) is 2.99. The zero-order valence-electron chi connectivity index (χ0n) is 13.8. The fourth-order valence-electron chi connectivity index (χ4n) is 6.09. The van der Waals surface area contributed by atoms with Gasteiger partial charge in [0, 0.05) is 24.0 Å². The minimum atomic E-state index is -0.785. The number of likely N-dealkylation sites (tertiary alicyclic amines) is 1. The summed E-state index contributed by atoms with van der Waals surface area (Å²) in [5, 5.41) is 22.4. The number of likely N-dealkylation sites (N-methyl/N-ethyl adjacent to an activating group) is 1. The fraction of sp³-hybridized carbons (Fsp3) is 0.579. The largest absolute Gasteiger partial charge is 0.508 e. The van der Waals surface area contributed by atoms with Crippen molar-refractivity contribution < 1.29 is 19.4 Å². The molecule has 0 aromatic heterocycles. The Morgan fingerprint density at radius 3 is 2.87 bits per heavy atom. The van der Waals surface area contributed by atoms with Crippen molar-refractivity contribution in [1.29, 1.82) is 0 Å². The van der Waals surface area contributed by atoms with Gasteiger partial charge in [-0.1, -0.05) is 6.58 Å². The molecule has 1 aromatic rings. The number of aromatic hydroxyl groups is 1. The molecule has 5 rings (SSSR count). The Morgan fingerprint density at radius 1 is 1.30 bits per heavy atom. The van der Waals surface area contributed by atoms with Crippen LogP contribution in [0.2, 0.25) is 0 Å². The van der Waals surface area contributed by atoms with Gasteiger partial charge in [-0.3, -0.25) is 0 Å². The van der Waals surface area contributed by atoms with Gasteiger partial charge in [0.15, 0.2) is 0 Å². The molecule has 1 aromatic carbocycles. The third-order valence-electron chi connectivity index (χ3n) is 7.23. The smallest absolute Gasteiger partial charge is 0.133 e. The monoisotopic (exact) mass is 314 g/mol. The van der Waals surface area contributed by atoms with Crippen LogP contribution in [0.3, 0.4) is 0 Å². The van der Waals surface area contributed by atoms with Crippen LogP contribution in [-0.4, -0.2) is 53.1 Å². The normalized spacial score (nSPS) is 42.1. The van der Waals surface area contributed by atoms with Crippen molar-refractivity contribution in [2.75, 3.05) is 20.6 Å². The molecule has 4 heteroatoms. The van der Waals surface area contributed by atoms with E-state index < -0.39 is 11.0 Å². The van der Waals surface area contributed by atoms with Crippen molar-refractivity contribution in [3.05, 3.63) is 35.4 Å². The highest BCUT2D eigenvalue weighted by Gasteiger charge is 2.74. The highest BCUT2D eigenvalue weighted by molar-refractivity contribution is 5.62. The lowest BCUT2D eigenvalue weighted by Gasteiger charge is -2.64. The molecule has 2 heterocycles. The van der Waals surface area contributed by atoms with Gasteiger partial charge in [0.2, 0.25) is 0 Å². The van der Waals surface area contributed by atoms with E-state index in [-0.39, 0.29) is 12.1 Å². The van der Waals surface area contributed by atoms with Gasteiger partial charge < -0.3 is 19.4 Å². The second-order valence-corrected chi connectivity index (χ2v) is 8.46. The maximum absolute atomic E-state index is 11.9. The van der Waals surface area contributed by atoms with E-state index in [9.17, 15) is 10.2 Å². The van der Waals surface area contributed by atoms with E-state index in [0.717, 1.165) is 52.7 Å². The van der Waals surface area contributed by atoms with Crippen LogP contribution in [0.1, 0.15) is 30.4 Å². The number of rotatable bonds is 0. The van der Waals surface area contributed by atoms with E-state index in [1.54, 1.807) is 6.07 Å². The summed E-state index contributed by atoms with van der Waals surface area (Å²) in [7, 11) is 4.41. The number of phenols is 1. The van der Waals surface area contributed by atoms with E-state index in [4.69, 9.17) is 4.74 Å². The number of aliphatic hydroxyl groups is 1. The third kappa shape index (κ3) is 1.30. The molecule has 2 N–H and O–H groups in total. The lowest BCUT2D eigenvalue weighted by molar-refractivity contribution is -0.931. The molecule has 1 saturated heterocycles. The second-order valence-electron chi connectivity index (χ2n) is 8.46. The van der Waals surface area contributed by atoms with Gasteiger partial charge in [0.05, 0.1) is 26.1 Å². The molecule has 3 unspecified atom stereocenters. The fourth-order valence-corrected chi connectivity index (χ4v) is 6.09. The molecule has 1 saturated carbocycles. The maximum atomic E-state index is 11.9. The van der Waals surface area contributed by atoms with Gasteiger partial charge in [-0.05, 0) is 30.5 Å². The summed E-state index contributed by atoms with van der Waals surface area (Å²) < 4.78 is 7.09. The highest BCUT2D eigenvalue weighted by atomic mass is 16.5. The molecule has 0 radical (unpaired) electrons. The average molecular weight is 314 g/mol. The van der Waals surface area contributed by atoms with Crippen LogP contribution < -0.4 is 4.74 Å². The minimum Gasteiger partial charge on any atom is -0.508 e. The topological polar surface area (TPSA) is 49.7 Å². The molecular weight excluding hydrogens is 290 g/mol. The van der Waals surface area contributed by atoms with E-state index >= 15 is 0 Å². The first-order chi connectivity index (χ1) is 10.8. The molecule has 2 aliphatic carbocycles. The number of ether oxygens (including phenoxy) is 1. The molecule has 122 valence electrons. The standard InChI is InChI=1S/C19H23NO3/c1-11-6-7-19(22)15-10-12-13(21)4-5-14-16(12)18(19,17(11)23-14)8-9-20(15,2)3/h4-5,15,17,22H,1,6-10H2,2-3H3/p+1/t15?,17?,18-,19?/m0/s1. The molecule has 2 aliphatic heterocycles. The SMILES string of the molecule is C=C1CCC2(O)C3Cc4c(O)ccc5c4[C@@]2(CC[N+]3(C)C)C1O5. The third-order valence-corrected chi connectivity index (χ3v) is 7.23. The number of hydrogen-bond acceptors (Lipinski definition) is 3. The Labute approximate surface area is 136 Å². The molecule has 4 aliphatic rings. The number of benzene rings is 1. The van der Waals surface area contributed by atoms with Crippen LogP contribution in [0.25, 0.3) is 0 Å². The Kier molecular flexibility index (Phi) is 2.27. The van der Waals surface area contributed by atoms with E-state index in [1.165, 1.54) is 0 Å². The Hall–Kier alpha value is -1.52. The van der Waals surface area contributed by atoms with Crippen molar-refractivity contribution in [3.8, 4) is 11.5 Å². The molecular formula is C19H24NO3+. The van der Waals surface area contributed by atoms with Crippen LogP contribution in [0.15, 0.2) is 24.3 Å². The van der Waals surface area contributed by atoms with Gasteiger partial charge >= 0.3 is 0 Å². The Bertz CT molecular complexity index is 755. The van der Waals surface area contributed by atoms with Gasteiger partial charge in [-0.15, -0.1) is 0 Å².